The lowest BCUT2D eigenvalue weighted by atomic mass is 10.2. The van der Waals surface area contributed by atoms with Crippen LogP contribution in [0.1, 0.15) is 19.6 Å². The van der Waals surface area contributed by atoms with Gasteiger partial charge in [0, 0.05) is 24.8 Å². The summed E-state index contributed by atoms with van der Waals surface area (Å²) >= 11 is 0. The molecule has 7 nitrogen and oxygen atoms in total. The topological polar surface area (TPSA) is 79.6 Å². The van der Waals surface area contributed by atoms with E-state index in [1.54, 1.807) is 25.1 Å². The van der Waals surface area contributed by atoms with Gasteiger partial charge in [-0.15, -0.1) is 0 Å². The van der Waals surface area contributed by atoms with Crippen LogP contribution in [-0.2, 0) is 4.74 Å². The fourth-order valence-corrected chi connectivity index (χ4v) is 2.92. The zero-order valence-electron chi connectivity index (χ0n) is 14.4. The monoisotopic (exact) mass is 348 g/mol. The molecule has 2 atom stereocenters. The zero-order chi connectivity index (χ0) is 18.0. The first-order chi connectivity index (χ1) is 11.9. The van der Waals surface area contributed by atoms with Crippen molar-refractivity contribution in [2.45, 2.75) is 33.0 Å². The normalized spacial score (nSPS) is 20.4. The molecule has 0 spiro atoms. The quantitative estimate of drug-likeness (QED) is 0.889. The third-order valence-electron chi connectivity index (χ3n) is 3.84. The summed E-state index contributed by atoms with van der Waals surface area (Å²) in [7, 11) is 0. The van der Waals surface area contributed by atoms with Gasteiger partial charge in [0.05, 0.1) is 17.9 Å². The van der Waals surface area contributed by atoms with Crippen LogP contribution in [0.2, 0.25) is 0 Å². The number of halogens is 1. The summed E-state index contributed by atoms with van der Waals surface area (Å²) in [4.78, 5) is 13.9. The fraction of sp³-hybridized carbons (Fsp3) is 0.412. The highest BCUT2D eigenvalue weighted by molar-refractivity contribution is 5.99. The molecule has 0 bridgehead atoms. The Morgan fingerprint density at radius 2 is 1.96 bits per heavy atom. The maximum absolute atomic E-state index is 14.5. The van der Waals surface area contributed by atoms with Crippen molar-refractivity contribution < 1.29 is 18.4 Å². The van der Waals surface area contributed by atoms with Crippen molar-refractivity contribution in [3.05, 3.63) is 35.8 Å². The number of morpholine rings is 1. The maximum atomic E-state index is 14.5. The van der Waals surface area contributed by atoms with Crippen molar-refractivity contribution >= 4 is 23.2 Å². The Bertz CT molecular complexity index is 754. The molecule has 1 saturated heterocycles. The molecule has 1 aliphatic heterocycles. The molecular formula is C17H21FN4O3. The van der Waals surface area contributed by atoms with Gasteiger partial charge in [-0.1, -0.05) is 5.16 Å². The highest BCUT2D eigenvalue weighted by Crippen LogP contribution is 2.26. The minimum Gasteiger partial charge on any atom is -0.372 e. The Kier molecular flexibility index (Phi) is 4.89. The molecule has 2 N–H and O–H groups in total. The van der Waals surface area contributed by atoms with E-state index in [9.17, 15) is 9.18 Å². The van der Waals surface area contributed by atoms with Crippen LogP contribution in [0.15, 0.2) is 28.8 Å². The summed E-state index contributed by atoms with van der Waals surface area (Å²) in [6.07, 6.45) is 0.0790. The second kappa shape index (κ2) is 7.10. The molecule has 0 saturated carbocycles. The van der Waals surface area contributed by atoms with Crippen LogP contribution in [0.3, 0.4) is 0 Å². The number of ether oxygens (including phenoxy) is 1. The van der Waals surface area contributed by atoms with Crippen molar-refractivity contribution in [2.24, 2.45) is 0 Å². The molecular weight excluding hydrogens is 327 g/mol. The largest absolute Gasteiger partial charge is 0.372 e. The van der Waals surface area contributed by atoms with E-state index < -0.39 is 11.8 Å². The number of carbonyl (C=O) groups excluding carboxylic acids is 1. The number of nitrogens with zero attached hydrogens (tertiary/aromatic N) is 2. The number of hydrogen-bond donors (Lipinski definition) is 2. The number of benzene rings is 1. The van der Waals surface area contributed by atoms with Crippen molar-refractivity contribution in [2.75, 3.05) is 28.6 Å². The summed E-state index contributed by atoms with van der Waals surface area (Å²) in [5.74, 6) is 0.486. The molecule has 2 amide bonds. The number of amides is 2. The van der Waals surface area contributed by atoms with Crippen LogP contribution < -0.4 is 15.5 Å². The van der Waals surface area contributed by atoms with Crippen molar-refractivity contribution in [1.82, 2.24) is 5.16 Å². The first-order valence-electron chi connectivity index (χ1n) is 8.12. The van der Waals surface area contributed by atoms with E-state index in [1.807, 2.05) is 18.7 Å². The van der Waals surface area contributed by atoms with Gasteiger partial charge in [-0.2, -0.15) is 0 Å². The maximum Gasteiger partial charge on any atom is 0.324 e. The molecule has 8 heteroatoms. The zero-order valence-corrected chi connectivity index (χ0v) is 14.4. The standard InChI is InChI=1S/C17H21FN4O3/c1-10-6-16(21-25-10)20-17(23)19-13-4-5-15(14(18)7-13)22-8-11(2)24-12(3)9-22/h4-7,11-12H,8-9H2,1-3H3,(H2,19,20,21,23)/t11-,12-/m0/s1. The molecule has 1 fully saturated rings. The molecule has 1 aromatic heterocycles. The molecule has 2 heterocycles. The van der Waals surface area contributed by atoms with E-state index >= 15 is 0 Å². The van der Waals surface area contributed by atoms with E-state index in [1.165, 1.54) is 6.07 Å². The summed E-state index contributed by atoms with van der Waals surface area (Å²) in [6, 6.07) is 5.69. The van der Waals surface area contributed by atoms with Gasteiger partial charge in [-0.05, 0) is 39.0 Å². The third-order valence-corrected chi connectivity index (χ3v) is 3.84. The Hall–Kier alpha value is -2.61. The minimum absolute atomic E-state index is 0.0395. The summed E-state index contributed by atoms with van der Waals surface area (Å²) in [5, 5.41) is 8.75. The van der Waals surface area contributed by atoms with Gasteiger partial charge in [0.1, 0.15) is 11.6 Å². The third kappa shape index (κ3) is 4.27. The van der Waals surface area contributed by atoms with E-state index in [-0.39, 0.29) is 12.2 Å². The predicted octanol–water partition coefficient (Wildman–Crippen LogP) is 3.38. The highest BCUT2D eigenvalue weighted by atomic mass is 19.1. The SMILES string of the molecule is Cc1cc(NC(=O)Nc2ccc(N3C[C@H](C)O[C@@H](C)C3)c(F)c2)no1. The molecule has 134 valence electrons. The number of aromatic nitrogens is 1. The first-order valence-corrected chi connectivity index (χ1v) is 8.12. The lowest BCUT2D eigenvalue weighted by Gasteiger charge is -2.37. The van der Waals surface area contributed by atoms with Gasteiger partial charge in [-0.25, -0.2) is 9.18 Å². The van der Waals surface area contributed by atoms with Crippen molar-refractivity contribution in [1.29, 1.82) is 0 Å². The minimum atomic E-state index is -0.519. The number of anilines is 3. The number of urea groups is 1. The molecule has 0 unspecified atom stereocenters. The first kappa shape index (κ1) is 17.2. The number of rotatable bonds is 3. The van der Waals surface area contributed by atoms with Gasteiger partial charge in [0.2, 0.25) is 0 Å². The Balaban J connectivity index is 1.66. The van der Waals surface area contributed by atoms with E-state index in [2.05, 4.69) is 15.8 Å². The van der Waals surface area contributed by atoms with Crippen molar-refractivity contribution in [3.8, 4) is 0 Å². The molecule has 3 rings (SSSR count). The Labute approximate surface area is 145 Å². The average molecular weight is 348 g/mol. The summed E-state index contributed by atoms with van der Waals surface area (Å²) < 4.78 is 25.0. The van der Waals surface area contributed by atoms with Gasteiger partial charge in [0.25, 0.3) is 0 Å². The van der Waals surface area contributed by atoms with Crippen LogP contribution in [0.4, 0.5) is 26.4 Å². The lowest BCUT2D eigenvalue weighted by Crippen LogP contribution is -2.45. The summed E-state index contributed by atoms with van der Waals surface area (Å²) in [6.45, 7) is 6.90. The number of aryl methyl sites for hydroxylation is 1. The number of hydrogen-bond acceptors (Lipinski definition) is 5. The van der Waals surface area contributed by atoms with Crippen molar-refractivity contribution in [3.63, 3.8) is 0 Å². The molecule has 25 heavy (non-hydrogen) atoms. The van der Waals surface area contributed by atoms with Crippen LogP contribution in [-0.4, -0.2) is 36.5 Å². The van der Waals surface area contributed by atoms with Gasteiger partial charge in [-0.3, -0.25) is 5.32 Å². The smallest absolute Gasteiger partial charge is 0.324 e. The van der Waals surface area contributed by atoms with Gasteiger partial charge < -0.3 is 19.5 Å². The van der Waals surface area contributed by atoms with Gasteiger partial charge in [0.15, 0.2) is 5.82 Å². The molecule has 2 aromatic rings. The fourth-order valence-electron chi connectivity index (χ4n) is 2.92. The molecule has 0 radical (unpaired) electrons. The van der Waals surface area contributed by atoms with Crippen LogP contribution in [0.5, 0.6) is 0 Å². The highest BCUT2D eigenvalue weighted by Gasteiger charge is 2.24. The van der Waals surface area contributed by atoms with Crippen LogP contribution in [0, 0.1) is 12.7 Å². The predicted molar refractivity (Wildman–Crippen MR) is 92.5 cm³/mol. The lowest BCUT2D eigenvalue weighted by molar-refractivity contribution is -0.00539. The van der Waals surface area contributed by atoms with E-state index in [0.717, 1.165) is 0 Å². The van der Waals surface area contributed by atoms with Crippen LogP contribution >= 0.6 is 0 Å². The average Bonchev–Trinajstić information content (AvgIpc) is 2.91. The van der Waals surface area contributed by atoms with Gasteiger partial charge >= 0.3 is 6.03 Å². The van der Waals surface area contributed by atoms with E-state index in [4.69, 9.17) is 9.26 Å². The Morgan fingerprint density at radius 1 is 1.24 bits per heavy atom. The van der Waals surface area contributed by atoms with Crippen LogP contribution in [0.25, 0.3) is 0 Å². The van der Waals surface area contributed by atoms with E-state index in [0.29, 0.717) is 36.0 Å². The second-order valence-electron chi connectivity index (χ2n) is 6.23. The molecule has 1 aliphatic rings. The molecule has 0 aliphatic carbocycles. The molecule has 1 aromatic carbocycles. The number of carbonyl (C=O) groups is 1. The number of nitrogens with one attached hydrogen (secondary N) is 2. The Morgan fingerprint density at radius 3 is 2.56 bits per heavy atom. The second-order valence-corrected chi connectivity index (χ2v) is 6.23. The summed E-state index contributed by atoms with van der Waals surface area (Å²) in [5.41, 5.74) is 0.855.